The summed E-state index contributed by atoms with van der Waals surface area (Å²) in [5.41, 5.74) is 0.231. The number of rotatable bonds is 14. The Kier molecular flexibility index (Phi) is 10.5. The zero-order valence-corrected chi connectivity index (χ0v) is 20.2. The van der Waals surface area contributed by atoms with Gasteiger partial charge < -0.3 is 14.2 Å². The Balaban J connectivity index is 2.23. The standard InChI is InChI=1S/C27H36O6/c1-5-12-24-26(32-18-11-10-15-25(30)31-6-2)23(20(3)28)16-17-27(24,21(4)29)33-19-22-13-8-7-9-14-22/h7-9,13-14,16-17,24H,5-6,10-12,15,18-19H2,1-4H3. The highest BCUT2D eigenvalue weighted by Gasteiger charge is 2.48. The fourth-order valence-corrected chi connectivity index (χ4v) is 4.07. The summed E-state index contributed by atoms with van der Waals surface area (Å²) in [4.78, 5) is 36.9. The van der Waals surface area contributed by atoms with E-state index < -0.39 is 11.5 Å². The Labute approximate surface area is 197 Å². The highest BCUT2D eigenvalue weighted by atomic mass is 16.5. The average Bonchev–Trinajstić information content (AvgIpc) is 2.79. The monoisotopic (exact) mass is 456 g/mol. The molecule has 0 amide bonds. The van der Waals surface area contributed by atoms with Gasteiger partial charge in [0, 0.05) is 6.42 Å². The van der Waals surface area contributed by atoms with Gasteiger partial charge in [-0.1, -0.05) is 43.7 Å². The molecule has 0 fully saturated rings. The molecule has 0 aromatic heterocycles. The maximum absolute atomic E-state index is 13.0. The number of ketones is 2. The normalized spacial score (nSPS) is 19.9. The minimum absolute atomic E-state index is 0.117. The lowest BCUT2D eigenvalue weighted by Gasteiger charge is -2.40. The van der Waals surface area contributed by atoms with Gasteiger partial charge in [0.25, 0.3) is 0 Å². The lowest BCUT2D eigenvalue weighted by atomic mass is 9.74. The summed E-state index contributed by atoms with van der Waals surface area (Å²) < 4.78 is 17.4. The van der Waals surface area contributed by atoms with Crippen LogP contribution in [0.3, 0.4) is 0 Å². The first-order valence-electron chi connectivity index (χ1n) is 11.8. The van der Waals surface area contributed by atoms with Crippen LogP contribution in [0.4, 0.5) is 0 Å². The van der Waals surface area contributed by atoms with E-state index in [0.717, 1.165) is 12.0 Å². The van der Waals surface area contributed by atoms with Crippen LogP contribution in [-0.4, -0.2) is 36.4 Å². The number of ether oxygens (including phenoxy) is 3. The lowest BCUT2D eigenvalue weighted by molar-refractivity contribution is -0.146. The van der Waals surface area contributed by atoms with Gasteiger partial charge in [-0.05, 0) is 57.7 Å². The second-order valence-electron chi connectivity index (χ2n) is 8.24. The zero-order valence-electron chi connectivity index (χ0n) is 20.2. The fourth-order valence-electron chi connectivity index (χ4n) is 4.07. The molecule has 2 rings (SSSR count). The summed E-state index contributed by atoms with van der Waals surface area (Å²) in [6, 6.07) is 9.69. The molecule has 0 heterocycles. The Morgan fingerprint density at radius 2 is 1.76 bits per heavy atom. The van der Waals surface area contributed by atoms with Crippen LogP contribution < -0.4 is 0 Å². The van der Waals surface area contributed by atoms with Crippen LogP contribution in [-0.2, 0) is 35.2 Å². The summed E-state index contributed by atoms with van der Waals surface area (Å²) in [7, 11) is 0. The Hall–Kier alpha value is -2.73. The van der Waals surface area contributed by atoms with Gasteiger partial charge >= 0.3 is 5.97 Å². The molecule has 33 heavy (non-hydrogen) atoms. The average molecular weight is 457 g/mol. The molecule has 2 atom stereocenters. The fraction of sp³-hybridized carbons (Fsp3) is 0.519. The third-order valence-corrected chi connectivity index (χ3v) is 5.76. The molecule has 0 bridgehead atoms. The van der Waals surface area contributed by atoms with Crippen LogP contribution in [0.1, 0.15) is 65.4 Å². The van der Waals surface area contributed by atoms with Gasteiger partial charge in [-0.3, -0.25) is 14.4 Å². The van der Waals surface area contributed by atoms with E-state index in [1.165, 1.54) is 13.8 Å². The van der Waals surface area contributed by atoms with E-state index in [1.54, 1.807) is 19.1 Å². The summed E-state index contributed by atoms with van der Waals surface area (Å²) in [6.07, 6.45) is 6.40. The second kappa shape index (κ2) is 13.1. The predicted octanol–water partition coefficient (Wildman–Crippen LogP) is 5.11. The highest BCUT2D eigenvalue weighted by Crippen LogP contribution is 2.41. The van der Waals surface area contributed by atoms with E-state index >= 15 is 0 Å². The van der Waals surface area contributed by atoms with Crippen molar-refractivity contribution in [2.75, 3.05) is 13.2 Å². The molecule has 0 aliphatic heterocycles. The molecule has 6 nitrogen and oxygen atoms in total. The molecule has 1 aliphatic carbocycles. The summed E-state index contributed by atoms with van der Waals surface area (Å²) in [5, 5.41) is 0. The van der Waals surface area contributed by atoms with E-state index in [-0.39, 0.29) is 24.1 Å². The highest BCUT2D eigenvalue weighted by molar-refractivity contribution is 5.98. The van der Waals surface area contributed by atoms with E-state index in [9.17, 15) is 14.4 Å². The van der Waals surface area contributed by atoms with Crippen molar-refractivity contribution in [3.63, 3.8) is 0 Å². The first kappa shape index (κ1) is 26.5. The molecule has 2 unspecified atom stereocenters. The molecule has 0 saturated carbocycles. The van der Waals surface area contributed by atoms with Crippen LogP contribution in [0.5, 0.6) is 0 Å². The smallest absolute Gasteiger partial charge is 0.305 e. The second-order valence-corrected chi connectivity index (χ2v) is 8.24. The topological polar surface area (TPSA) is 78.9 Å². The summed E-state index contributed by atoms with van der Waals surface area (Å²) in [5.74, 6) is -0.368. The molecule has 0 saturated heterocycles. The van der Waals surface area contributed by atoms with Gasteiger partial charge in [0.2, 0.25) is 0 Å². The summed E-state index contributed by atoms with van der Waals surface area (Å²) >= 11 is 0. The number of carbonyl (C=O) groups excluding carboxylic acids is 3. The third kappa shape index (κ3) is 7.13. The largest absolute Gasteiger partial charge is 0.497 e. The quantitative estimate of drug-likeness (QED) is 0.286. The molecular formula is C27H36O6. The molecule has 0 N–H and O–H groups in total. The van der Waals surface area contributed by atoms with Gasteiger partial charge in [-0.15, -0.1) is 0 Å². The Bertz CT molecular complexity index is 870. The van der Waals surface area contributed by atoms with Crippen molar-refractivity contribution < 1.29 is 28.6 Å². The van der Waals surface area contributed by atoms with Crippen molar-refractivity contribution in [2.45, 2.75) is 72.0 Å². The number of unbranched alkanes of at least 4 members (excludes halogenated alkanes) is 1. The minimum atomic E-state index is -1.20. The van der Waals surface area contributed by atoms with Crippen LogP contribution in [0.2, 0.25) is 0 Å². The third-order valence-electron chi connectivity index (χ3n) is 5.76. The number of benzene rings is 1. The van der Waals surface area contributed by atoms with Gasteiger partial charge in [-0.2, -0.15) is 0 Å². The first-order chi connectivity index (χ1) is 15.9. The molecular weight excluding hydrogens is 420 g/mol. The maximum Gasteiger partial charge on any atom is 0.305 e. The Morgan fingerprint density at radius 1 is 1.03 bits per heavy atom. The minimum Gasteiger partial charge on any atom is -0.497 e. The van der Waals surface area contributed by atoms with Crippen molar-refractivity contribution in [1.29, 1.82) is 0 Å². The van der Waals surface area contributed by atoms with Crippen LogP contribution in [0.15, 0.2) is 53.8 Å². The van der Waals surface area contributed by atoms with E-state index in [0.29, 0.717) is 50.2 Å². The number of allylic oxidation sites excluding steroid dienone is 2. The van der Waals surface area contributed by atoms with Crippen LogP contribution in [0.25, 0.3) is 0 Å². The molecule has 180 valence electrons. The van der Waals surface area contributed by atoms with E-state index in [2.05, 4.69) is 0 Å². The number of hydrogen-bond acceptors (Lipinski definition) is 6. The van der Waals surface area contributed by atoms with Gasteiger partial charge in [0.15, 0.2) is 17.2 Å². The van der Waals surface area contributed by atoms with Crippen LogP contribution in [0, 0.1) is 5.92 Å². The van der Waals surface area contributed by atoms with Crippen LogP contribution >= 0.6 is 0 Å². The molecule has 1 aromatic rings. The number of carbonyl (C=O) groups is 3. The van der Waals surface area contributed by atoms with E-state index in [1.807, 2.05) is 37.3 Å². The molecule has 6 heteroatoms. The zero-order chi connectivity index (χ0) is 24.3. The van der Waals surface area contributed by atoms with Gasteiger partial charge in [0.05, 0.1) is 31.3 Å². The Morgan fingerprint density at radius 3 is 2.36 bits per heavy atom. The number of hydrogen-bond donors (Lipinski definition) is 0. The maximum atomic E-state index is 13.0. The summed E-state index contributed by atoms with van der Waals surface area (Å²) in [6.45, 7) is 7.81. The SMILES string of the molecule is CCCC1C(OCCCCC(=O)OCC)=C(C(C)=O)C=CC1(OCc1ccccc1)C(C)=O. The number of Topliss-reactive ketones (excluding diaryl/α,β-unsaturated/α-hetero) is 2. The molecule has 1 aliphatic rings. The molecule has 0 radical (unpaired) electrons. The molecule has 1 aromatic carbocycles. The lowest BCUT2D eigenvalue weighted by Crippen LogP contribution is -2.48. The first-order valence-corrected chi connectivity index (χ1v) is 11.8. The van der Waals surface area contributed by atoms with Gasteiger partial charge in [0.1, 0.15) is 5.76 Å². The molecule has 0 spiro atoms. The van der Waals surface area contributed by atoms with Crippen molar-refractivity contribution in [2.24, 2.45) is 5.92 Å². The number of esters is 1. The van der Waals surface area contributed by atoms with E-state index in [4.69, 9.17) is 14.2 Å². The van der Waals surface area contributed by atoms with Crippen molar-refractivity contribution in [1.82, 2.24) is 0 Å². The van der Waals surface area contributed by atoms with Crippen molar-refractivity contribution in [3.8, 4) is 0 Å². The van der Waals surface area contributed by atoms with Gasteiger partial charge in [-0.25, -0.2) is 0 Å². The van der Waals surface area contributed by atoms with Crippen molar-refractivity contribution in [3.05, 3.63) is 59.4 Å². The van der Waals surface area contributed by atoms with Crippen molar-refractivity contribution >= 4 is 17.5 Å². The predicted molar refractivity (Wildman–Crippen MR) is 126 cm³/mol.